The maximum absolute atomic E-state index is 12.7. The first kappa shape index (κ1) is 26.5. The van der Waals surface area contributed by atoms with Gasteiger partial charge >= 0.3 is 0 Å². The van der Waals surface area contributed by atoms with Crippen LogP contribution in [0.2, 0.25) is 0 Å². The third-order valence-corrected chi connectivity index (χ3v) is 6.09. The number of benzene rings is 2. The minimum absolute atomic E-state index is 0.0252. The van der Waals surface area contributed by atoms with E-state index in [9.17, 15) is 15.0 Å². The highest BCUT2D eigenvalue weighted by molar-refractivity contribution is 5.94. The molecule has 10 heteroatoms. The Morgan fingerprint density at radius 2 is 1.63 bits per heavy atom. The van der Waals surface area contributed by atoms with E-state index in [0.717, 1.165) is 12.8 Å². The summed E-state index contributed by atoms with van der Waals surface area (Å²) < 4.78 is 16.9. The molecule has 10 nitrogen and oxygen atoms in total. The van der Waals surface area contributed by atoms with Crippen LogP contribution in [0.1, 0.15) is 41.7 Å². The zero-order valence-corrected chi connectivity index (χ0v) is 21.8. The molecule has 0 fully saturated rings. The second kappa shape index (κ2) is 11.6. The molecule has 0 saturated heterocycles. The molecule has 0 atom stereocenters. The molecule has 0 unspecified atom stereocenters. The van der Waals surface area contributed by atoms with Crippen LogP contribution in [-0.4, -0.2) is 57.5 Å². The molecule has 0 aliphatic heterocycles. The predicted octanol–water partition coefficient (Wildman–Crippen LogP) is 4.84. The Labute approximate surface area is 220 Å². The third-order valence-electron chi connectivity index (χ3n) is 6.09. The number of amides is 1. The van der Waals surface area contributed by atoms with Crippen LogP contribution in [-0.2, 0) is 13.0 Å². The number of ether oxygens (including phenoxy) is 2. The van der Waals surface area contributed by atoms with Crippen molar-refractivity contribution in [2.45, 2.75) is 32.7 Å². The first-order chi connectivity index (χ1) is 18.4. The summed E-state index contributed by atoms with van der Waals surface area (Å²) in [5, 5.41) is 30.4. The van der Waals surface area contributed by atoms with Crippen molar-refractivity contribution in [3.05, 3.63) is 65.7 Å². The summed E-state index contributed by atoms with van der Waals surface area (Å²) in [7, 11) is 4.66. The predicted molar refractivity (Wildman–Crippen MR) is 140 cm³/mol. The number of pyridine rings is 1. The molecule has 0 aliphatic rings. The van der Waals surface area contributed by atoms with Crippen molar-refractivity contribution in [1.29, 1.82) is 0 Å². The van der Waals surface area contributed by atoms with Gasteiger partial charge in [-0.05, 0) is 37.1 Å². The van der Waals surface area contributed by atoms with Crippen molar-refractivity contribution in [1.82, 2.24) is 20.1 Å². The number of aromatic hydroxyl groups is 2. The first-order valence-electron chi connectivity index (χ1n) is 12.2. The molecule has 0 spiro atoms. The molecule has 0 bridgehead atoms. The van der Waals surface area contributed by atoms with E-state index >= 15 is 0 Å². The highest BCUT2D eigenvalue weighted by Gasteiger charge is 2.29. The lowest BCUT2D eigenvalue weighted by Crippen LogP contribution is -2.26. The summed E-state index contributed by atoms with van der Waals surface area (Å²) in [5.74, 6) is -0.0579. The fourth-order valence-corrected chi connectivity index (χ4v) is 4.18. The van der Waals surface area contributed by atoms with Gasteiger partial charge in [0.15, 0.2) is 0 Å². The zero-order valence-electron chi connectivity index (χ0n) is 21.8. The van der Waals surface area contributed by atoms with Crippen LogP contribution in [0, 0.1) is 0 Å². The van der Waals surface area contributed by atoms with E-state index in [1.165, 1.54) is 19.1 Å². The molecule has 2 aromatic carbocycles. The second-order valence-corrected chi connectivity index (χ2v) is 8.65. The van der Waals surface area contributed by atoms with Gasteiger partial charge in [-0.2, -0.15) is 0 Å². The number of carbonyl (C=O) groups excluding carboxylic acids is 1. The smallest absolute Gasteiger partial charge is 0.257 e. The molecule has 1 amide bonds. The third kappa shape index (κ3) is 5.24. The van der Waals surface area contributed by atoms with Gasteiger partial charge in [0.25, 0.3) is 11.8 Å². The van der Waals surface area contributed by atoms with Crippen molar-refractivity contribution in [3.63, 3.8) is 0 Å². The van der Waals surface area contributed by atoms with Crippen molar-refractivity contribution in [2.75, 3.05) is 21.3 Å². The van der Waals surface area contributed by atoms with Gasteiger partial charge in [-0.1, -0.05) is 37.6 Å². The topological polar surface area (TPSA) is 131 Å². The molecule has 198 valence electrons. The molecule has 0 saturated carbocycles. The zero-order chi connectivity index (χ0) is 27.2. The highest BCUT2D eigenvalue weighted by Crippen LogP contribution is 2.49. The minimum atomic E-state index is -0.449. The van der Waals surface area contributed by atoms with Gasteiger partial charge in [0.1, 0.15) is 22.8 Å². The Morgan fingerprint density at radius 3 is 2.26 bits per heavy atom. The minimum Gasteiger partial charge on any atom is -0.506 e. The summed E-state index contributed by atoms with van der Waals surface area (Å²) >= 11 is 0. The van der Waals surface area contributed by atoms with E-state index < -0.39 is 5.88 Å². The van der Waals surface area contributed by atoms with Crippen molar-refractivity contribution < 1.29 is 28.9 Å². The van der Waals surface area contributed by atoms with E-state index in [0.29, 0.717) is 40.3 Å². The van der Waals surface area contributed by atoms with Gasteiger partial charge in [-0.15, -0.1) is 10.2 Å². The number of aromatic nitrogens is 3. The highest BCUT2D eigenvalue weighted by atomic mass is 16.5. The van der Waals surface area contributed by atoms with E-state index in [2.05, 4.69) is 15.2 Å². The summed E-state index contributed by atoms with van der Waals surface area (Å²) in [4.78, 5) is 18.5. The maximum atomic E-state index is 12.7. The van der Waals surface area contributed by atoms with Gasteiger partial charge in [-0.25, -0.2) is 4.98 Å². The van der Waals surface area contributed by atoms with Gasteiger partial charge < -0.3 is 29.0 Å². The quantitative estimate of drug-likeness (QED) is 0.303. The Balaban J connectivity index is 1.77. The van der Waals surface area contributed by atoms with E-state index in [4.69, 9.17) is 13.9 Å². The Kier molecular flexibility index (Phi) is 8.10. The van der Waals surface area contributed by atoms with E-state index in [-0.39, 0.29) is 35.5 Å². The van der Waals surface area contributed by atoms with Gasteiger partial charge in [-0.3, -0.25) is 4.79 Å². The maximum Gasteiger partial charge on any atom is 0.257 e. The molecule has 0 aliphatic carbocycles. The van der Waals surface area contributed by atoms with Crippen LogP contribution in [0.25, 0.3) is 22.6 Å². The number of hydrogen-bond donors (Lipinski definition) is 2. The largest absolute Gasteiger partial charge is 0.506 e. The number of methoxy groups -OCH3 is 2. The van der Waals surface area contributed by atoms with Crippen molar-refractivity contribution in [2.24, 2.45) is 0 Å². The lowest BCUT2D eigenvalue weighted by molar-refractivity contribution is 0.0773. The van der Waals surface area contributed by atoms with E-state index in [1.807, 2.05) is 13.0 Å². The lowest BCUT2D eigenvalue weighted by atomic mass is 9.95. The lowest BCUT2D eigenvalue weighted by Gasteiger charge is -2.19. The standard InChI is InChI=1S/C28H30N4O6/c1-5-6-13-18-22(23-19(36-3)14-10-15-20(23)37-4)25(33)24(26(34)29-18)27-31-30-21(38-27)16-32(2)28(35)17-11-8-7-9-12-17/h7-12,14-15H,5-6,13,16H2,1-4H3,(H2,29,33,34). The summed E-state index contributed by atoms with van der Waals surface area (Å²) in [5.41, 5.74) is 1.71. The Hall–Kier alpha value is -4.60. The van der Waals surface area contributed by atoms with Crippen LogP contribution >= 0.6 is 0 Å². The Morgan fingerprint density at radius 1 is 0.947 bits per heavy atom. The fourth-order valence-electron chi connectivity index (χ4n) is 4.18. The SMILES string of the molecule is CCCCc1nc(O)c(-c2nnc(CN(C)C(=O)c3ccccc3)o2)c(O)c1-c1c(OC)cccc1OC. The second-order valence-electron chi connectivity index (χ2n) is 8.65. The average molecular weight is 519 g/mol. The number of unbranched alkanes of at least 4 members (excludes halogenated alkanes) is 1. The van der Waals surface area contributed by atoms with E-state index in [1.54, 1.807) is 49.5 Å². The summed E-state index contributed by atoms with van der Waals surface area (Å²) in [6, 6.07) is 14.1. The van der Waals surface area contributed by atoms with Gasteiger partial charge in [0.2, 0.25) is 11.8 Å². The van der Waals surface area contributed by atoms with Crippen LogP contribution in [0.3, 0.4) is 0 Å². The first-order valence-corrected chi connectivity index (χ1v) is 12.2. The molecule has 4 aromatic rings. The molecule has 2 heterocycles. The molecule has 4 rings (SSSR count). The number of nitrogens with zero attached hydrogens (tertiary/aromatic N) is 4. The molecule has 0 radical (unpaired) electrons. The van der Waals surface area contributed by atoms with Gasteiger partial charge in [0, 0.05) is 12.6 Å². The fraction of sp³-hybridized carbons (Fsp3) is 0.286. The number of rotatable bonds is 10. The summed E-state index contributed by atoms with van der Waals surface area (Å²) in [6.45, 7) is 2.06. The van der Waals surface area contributed by atoms with Crippen LogP contribution < -0.4 is 9.47 Å². The molecule has 2 N–H and O–H groups in total. The molecular weight excluding hydrogens is 488 g/mol. The number of hydrogen-bond acceptors (Lipinski definition) is 9. The average Bonchev–Trinajstić information content (AvgIpc) is 3.39. The van der Waals surface area contributed by atoms with Crippen molar-refractivity contribution >= 4 is 5.91 Å². The number of carbonyl (C=O) groups is 1. The Bertz CT molecular complexity index is 1400. The summed E-state index contributed by atoms with van der Waals surface area (Å²) in [6.07, 6.45) is 2.16. The monoisotopic (exact) mass is 518 g/mol. The van der Waals surface area contributed by atoms with Gasteiger partial charge in [0.05, 0.1) is 37.6 Å². The molecule has 2 aromatic heterocycles. The van der Waals surface area contributed by atoms with Crippen LogP contribution in [0.5, 0.6) is 23.1 Å². The van der Waals surface area contributed by atoms with Crippen LogP contribution in [0.4, 0.5) is 0 Å². The van der Waals surface area contributed by atoms with Crippen LogP contribution in [0.15, 0.2) is 52.9 Å². The number of aryl methyl sites for hydroxylation is 1. The molecule has 38 heavy (non-hydrogen) atoms. The molecular formula is C28H30N4O6. The normalized spacial score (nSPS) is 10.8. The van der Waals surface area contributed by atoms with Crippen molar-refractivity contribution in [3.8, 4) is 45.7 Å².